The van der Waals surface area contributed by atoms with Gasteiger partial charge in [-0.1, -0.05) is 54.9 Å². The number of ketones is 1. The third-order valence-electron chi connectivity index (χ3n) is 4.84. The number of hydrogen-bond donors (Lipinski definition) is 2. The maximum Gasteiger partial charge on any atom is 0.192 e. The zero-order chi connectivity index (χ0) is 18.7. The molecule has 3 rings (SSSR count). The van der Waals surface area contributed by atoms with Crippen LogP contribution in [0.4, 0.5) is 0 Å². The molecule has 1 aliphatic heterocycles. The first-order valence-electron chi connectivity index (χ1n) is 8.86. The van der Waals surface area contributed by atoms with Crippen molar-refractivity contribution in [2.45, 2.75) is 44.5 Å². The van der Waals surface area contributed by atoms with Gasteiger partial charge in [0.1, 0.15) is 12.2 Å². The molecule has 4 nitrogen and oxygen atoms in total. The predicted octanol–water partition coefficient (Wildman–Crippen LogP) is 3.25. The monoisotopic (exact) mass is 374 g/mol. The Morgan fingerprint density at radius 1 is 1.15 bits per heavy atom. The van der Waals surface area contributed by atoms with Crippen molar-refractivity contribution in [1.82, 2.24) is 0 Å². The van der Waals surface area contributed by atoms with Crippen molar-refractivity contribution >= 4 is 17.4 Å². The maximum absolute atomic E-state index is 11.8. The number of hydrogen-bond acceptors (Lipinski definition) is 4. The van der Waals surface area contributed by atoms with E-state index >= 15 is 0 Å². The Labute approximate surface area is 158 Å². The van der Waals surface area contributed by atoms with Crippen LogP contribution in [0, 0.1) is 0 Å². The summed E-state index contributed by atoms with van der Waals surface area (Å²) in [6.45, 7) is 1.69. The number of aliphatic hydroxyl groups excluding tert-OH is 2. The summed E-state index contributed by atoms with van der Waals surface area (Å²) in [5.41, 5.74) is 4.26. The summed E-state index contributed by atoms with van der Waals surface area (Å²) in [5, 5.41) is 19.9. The van der Waals surface area contributed by atoms with Gasteiger partial charge >= 0.3 is 0 Å². The molecule has 1 aliphatic rings. The molecule has 26 heavy (non-hydrogen) atoms. The molecule has 0 bridgehead atoms. The van der Waals surface area contributed by atoms with Crippen LogP contribution >= 0.6 is 11.6 Å². The third kappa shape index (κ3) is 4.15. The van der Waals surface area contributed by atoms with Gasteiger partial charge in [0.2, 0.25) is 0 Å². The highest BCUT2D eigenvalue weighted by Gasteiger charge is 2.36. The molecule has 2 aromatic rings. The van der Waals surface area contributed by atoms with E-state index in [2.05, 4.69) is 31.2 Å². The van der Waals surface area contributed by atoms with Gasteiger partial charge < -0.3 is 14.9 Å². The molecule has 0 amide bonds. The van der Waals surface area contributed by atoms with E-state index in [1.165, 1.54) is 5.56 Å². The van der Waals surface area contributed by atoms with Crippen LogP contribution < -0.4 is 0 Å². The van der Waals surface area contributed by atoms with Crippen LogP contribution in [-0.4, -0.2) is 34.8 Å². The Hall–Kier alpha value is -1.72. The summed E-state index contributed by atoms with van der Waals surface area (Å²) in [4.78, 5) is 11.8. The van der Waals surface area contributed by atoms with Crippen molar-refractivity contribution in [3.05, 3.63) is 69.7 Å². The predicted molar refractivity (Wildman–Crippen MR) is 100 cm³/mol. The largest absolute Gasteiger partial charge is 0.393 e. The number of Topliss-reactive ketones (excluding diaryl/α,β-unsaturated/α-hetero) is 1. The summed E-state index contributed by atoms with van der Waals surface area (Å²) in [6, 6.07) is 14.0. The SMILES string of the molecule is CCc1ccc(Cc2cc(C3CC(O)C(=O)C(CO)O3)ccc2Cl)cc1. The van der Waals surface area contributed by atoms with E-state index in [1.807, 2.05) is 18.2 Å². The fourth-order valence-electron chi connectivity index (χ4n) is 3.25. The molecule has 0 aromatic heterocycles. The van der Waals surface area contributed by atoms with Crippen molar-refractivity contribution in [1.29, 1.82) is 0 Å². The first-order valence-corrected chi connectivity index (χ1v) is 9.23. The average molecular weight is 375 g/mol. The standard InChI is InChI=1S/C21H23ClO4/c1-2-13-3-5-14(6-4-13)9-16-10-15(7-8-17(16)22)19-11-18(24)21(25)20(12-23)26-19/h3-8,10,18-20,23-24H,2,9,11-12H2,1H3. The zero-order valence-corrected chi connectivity index (χ0v) is 15.4. The summed E-state index contributed by atoms with van der Waals surface area (Å²) in [6.07, 6.45) is -0.673. The van der Waals surface area contributed by atoms with Crippen LogP contribution in [0.3, 0.4) is 0 Å². The van der Waals surface area contributed by atoms with E-state index in [4.69, 9.17) is 16.3 Å². The number of aliphatic hydroxyl groups is 2. The van der Waals surface area contributed by atoms with E-state index in [1.54, 1.807) is 0 Å². The Kier molecular flexibility index (Phi) is 6.09. The van der Waals surface area contributed by atoms with Crippen LogP contribution in [-0.2, 0) is 22.4 Å². The summed E-state index contributed by atoms with van der Waals surface area (Å²) >= 11 is 6.37. The van der Waals surface area contributed by atoms with Gasteiger partial charge in [0.25, 0.3) is 0 Å². The summed E-state index contributed by atoms with van der Waals surface area (Å²) in [7, 11) is 0. The number of carbonyl (C=O) groups is 1. The number of ether oxygens (including phenoxy) is 1. The second-order valence-electron chi connectivity index (χ2n) is 6.65. The van der Waals surface area contributed by atoms with Crippen LogP contribution in [0.25, 0.3) is 0 Å². The Morgan fingerprint density at radius 2 is 1.85 bits per heavy atom. The number of halogens is 1. The van der Waals surface area contributed by atoms with Gasteiger partial charge in [-0.05, 0) is 41.2 Å². The molecule has 5 heteroatoms. The van der Waals surface area contributed by atoms with Gasteiger partial charge in [0, 0.05) is 11.4 Å². The molecule has 0 aliphatic carbocycles. The molecular weight excluding hydrogens is 352 g/mol. The van der Waals surface area contributed by atoms with Crippen molar-refractivity contribution in [2.24, 2.45) is 0 Å². The molecule has 0 spiro atoms. The van der Waals surface area contributed by atoms with Crippen molar-refractivity contribution < 1.29 is 19.7 Å². The van der Waals surface area contributed by atoms with Crippen LogP contribution in [0.15, 0.2) is 42.5 Å². The maximum atomic E-state index is 11.8. The van der Waals surface area contributed by atoms with Gasteiger partial charge in [0.05, 0.1) is 12.7 Å². The van der Waals surface area contributed by atoms with Gasteiger partial charge in [-0.25, -0.2) is 0 Å². The third-order valence-corrected chi connectivity index (χ3v) is 5.21. The van der Waals surface area contributed by atoms with E-state index < -0.39 is 30.7 Å². The first-order chi connectivity index (χ1) is 12.5. The summed E-state index contributed by atoms with van der Waals surface area (Å²) in [5.74, 6) is -0.464. The van der Waals surface area contributed by atoms with Crippen LogP contribution in [0.2, 0.25) is 5.02 Å². The Balaban J connectivity index is 1.81. The van der Waals surface area contributed by atoms with Crippen molar-refractivity contribution in [3.8, 4) is 0 Å². The van der Waals surface area contributed by atoms with Gasteiger partial charge in [-0.2, -0.15) is 0 Å². The number of benzene rings is 2. The molecule has 1 heterocycles. The van der Waals surface area contributed by atoms with E-state index in [0.717, 1.165) is 23.1 Å². The van der Waals surface area contributed by atoms with Crippen molar-refractivity contribution in [2.75, 3.05) is 6.61 Å². The molecule has 3 atom stereocenters. The lowest BCUT2D eigenvalue weighted by molar-refractivity contribution is -0.161. The lowest BCUT2D eigenvalue weighted by Gasteiger charge is -2.31. The number of carbonyl (C=O) groups excluding carboxylic acids is 1. The normalized spacial score (nSPS) is 23.2. The lowest BCUT2D eigenvalue weighted by Crippen LogP contribution is -2.43. The highest BCUT2D eigenvalue weighted by atomic mass is 35.5. The van der Waals surface area contributed by atoms with E-state index in [9.17, 15) is 15.0 Å². The van der Waals surface area contributed by atoms with Crippen molar-refractivity contribution in [3.63, 3.8) is 0 Å². The molecule has 3 unspecified atom stereocenters. The smallest absolute Gasteiger partial charge is 0.192 e. The fraction of sp³-hybridized carbons (Fsp3) is 0.381. The fourth-order valence-corrected chi connectivity index (χ4v) is 3.43. The van der Waals surface area contributed by atoms with E-state index in [-0.39, 0.29) is 6.42 Å². The molecular formula is C21H23ClO4. The van der Waals surface area contributed by atoms with Crippen LogP contribution in [0.5, 0.6) is 0 Å². The summed E-state index contributed by atoms with van der Waals surface area (Å²) < 4.78 is 5.68. The Morgan fingerprint density at radius 3 is 2.50 bits per heavy atom. The molecule has 0 radical (unpaired) electrons. The van der Waals surface area contributed by atoms with Crippen LogP contribution in [0.1, 0.15) is 41.7 Å². The second-order valence-corrected chi connectivity index (χ2v) is 7.05. The lowest BCUT2D eigenvalue weighted by atomic mass is 9.93. The molecule has 1 fully saturated rings. The van der Waals surface area contributed by atoms with Gasteiger partial charge in [0.15, 0.2) is 5.78 Å². The molecule has 2 aromatic carbocycles. The zero-order valence-electron chi connectivity index (χ0n) is 14.7. The average Bonchev–Trinajstić information content (AvgIpc) is 2.66. The highest BCUT2D eigenvalue weighted by Crippen LogP contribution is 2.32. The molecule has 2 N–H and O–H groups in total. The minimum atomic E-state index is -1.12. The molecule has 0 saturated carbocycles. The molecule has 138 valence electrons. The number of rotatable bonds is 5. The van der Waals surface area contributed by atoms with Gasteiger partial charge in [-0.15, -0.1) is 0 Å². The minimum Gasteiger partial charge on any atom is -0.393 e. The van der Waals surface area contributed by atoms with E-state index in [0.29, 0.717) is 11.4 Å². The van der Waals surface area contributed by atoms with Gasteiger partial charge in [-0.3, -0.25) is 4.79 Å². The molecule has 1 saturated heterocycles. The topological polar surface area (TPSA) is 66.8 Å². The second kappa shape index (κ2) is 8.31. The Bertz CT molecular complexity index is 772. The minimum absolute atomic E-state index is 0.182. The highest BCUT2D eigenvalue weighted by molar-refractivity contribution is 6.31. The number of aryl methyl sites for hydroxylation is 1. The first kappa shape index (κ1) is 19.1. The quantitative estimate of drug-likeness (QED) is 0.843.